The molecule has 1 heterocycles. The van der Waals surface area contributed by atoms with Gasteiger partial charge in [0.15, 0.2) is 0 Å². The first-order valence-corrected chi connectivity index (χ1v) is 6.09. The van der Waals surface area contributed by atoms with Gasteiger partial charge in [-0.05, 0) is 37.5 Å². The van der Waals surface area contributed by atoms with Gasteiger partial charge in [0.25, 0.3) is 5.91 Å². The summed E-state index contributed by atoms with van der Waals surface area (Å²) >= 11 is 0. The van der Waals surface area contributed by atoms with Crippen molar-refractivity contribution in [1.82, 2.24) is 0 Å². The molecule has 17 heavy (non-hydrogen) atoms. The first-order chi connectivity index (χ1) is 8.22. The zero-order chi connectivity index (χ0) is 12.3. The first-order valence-electron chi connectivity index (χ1n) is 6.09. The lowest BCUT2D eigenvalue weighted by atomic mass is 10.1. The SMILES string of the molecule is CNc1ccc(N2CCCCC2)c(C(N)=O)c1. The van der Waals surface area contributed by atoms with Crippen molar-refractivity contribution in [3.8, 4) is 0 Å². The average Bonchev–Trinajstić information content (AvgIpc) is 2.39. The van der Waals surface area contributed by atoms with E-state index in [0.717, 1.165) is 24.5 Å². The maximum atomic E-state index is 11.5. The molecule has 0 spiro atoms. The van der Waals surface area contributed by atoms with Crippen molar-refractivity contribution < 1.29 is 4.79 Å². The number of nitrogens with two attached hydrogens (primary N) is 1. The van der Waals surface area contributed by atoms with Crippen molar-refractivity contribution >= 4 is 17.3 Å². The molecule has 0 radical (unpaired) electrons. The number of amides is 1. The number of nitrogens with zero attached hydrogens (tertiary/aromatic N) is 1. The summed E-state index contributed by atoms with van der Waals surface area (Å²) in [6.45, 7) is 2.03. The smallest absolute Gasteiger partial charge is 0.250 e. The van der Waals surface area contributed by atoms with Gasteiger partial charge < -0.3 is 16.0 Å². The predicted octanol–water partition coefficient (Wildman–Crippen LogP) is 1.82. The topological polar surface area (TPSA) is 58.4 Å². The Morgan fingerprint density at radius 3 is 2.59 bits per heavy atom. The number of anilines is 2. The summed E-state index contributed by atoms with van der Waals surface area (Å²) in [6, 6.07) is 5.79. The van der Waals surface area contributed by atoms with Gasteiger partial charge >= 0.3 is 0 Å². The number of piperidine rings is 1. The first kappa shape index (κ1) is 11.8. The number of carbonyl (C=O) groups excluding carboxylic acids is 1. The second-order valence-electron chi connectivity index (χ2n) is 4.39. The molecular formula is C13H19N3O. The molecule has 92 valence electrons. The van der Waals surface area contributed by atoms with Crippen LogP contribution >= 0.6 is 0 Å². The number of primary amides is 1. The normalized spacial score (nSPS) is 15.7. The van der Waals surface area contributed by atoms with Gasteiger partial charge in [0.1, 0.15) is 0 Å². The Hall–Kier alpha value is -1.71. The van der Waals surface area contributed by atoms with Gasteiger partial charge in [-0.2, -0.15) is 0 Å². The molecule has 1 amide bonds. The van der Waals surface area contributed by atoms with Crippen LogP contribution in [0.2, 0.25) is 0 Å². The van der Waals surface area contributed by atoms with E-state index in [1.54, 1.807) is 0 Å². The van der Waals surface area contributed by atoms with Crippen LogP contribution in [-0.4, -0.2) is 26.0 Å². The highest BCUT2D eigenvalue weighted by molar-refractivity contribution is 5.99. The Morgan fingerprint density at radius 2 is 2.00 bits per heavy atom. The monoisotopic (exact) mass is 233 g/mol. The van der Waals surface area contributed by atoms with Crippen LogP contribution in [0.5, 0.6) is 0 Å². The molecule has 1 aromatic rings. The Kier molecular flexibility index (Phi) is 3.52. The molecule has 1 saturated heterocycles. The molecule has 4 heteroatoms. The van der Waals surface area contributed by atoms with E-state index in [0.29, 0.717) is 5.56 Å². The maximum Gasteiger partial charge on any atom is 0.250 e. The van der Waals surface area contributed by atoms with Crippen molar-refractivity contribution in [1.29, 1.82) is 0 Å². The molecule has 0 bridgehead atoms. The zero-order valence-corrected chi connectivity index (χ0v) is 10.2. The Balaban J connectivity index is 2.34. The summed E-state index contributed by atoms with van der Waals surface area (Å²) in [4.78, 5) is 13.8. The average molecular weight is 233 g/mol. The van der Waals surface area contributed by atoms with Crippen LogP contribution < -0.4 is 16.0 Å². The molecule has 1 aliphatic rings. The highest BCUT2D eigenvalue weighted by atomic mass is 16.1. The molecule has 3 N–H and O–H groups in total. The maximum absolute atomic E-state index is 11.5. The van der Waals surface area contributed by atoms with Crippen LogP contribution in [0.3, 0.4) is 0 Å². The lowest BCUT2D eigenvalue weighted by molar-refractivity contribution is 0.100. The number of nitrogens with one attached hydrogen (secondary N) is 1. The van der Waals surface area contributed by atoms with Crippen LogP contribution in [0.4, 0.5) is 11.4 Å². The Bertz CT molecular complexity index is 411. The predicted molar refractivity (Wildman–Crippen MR) is 70.6 cm³/mol. The second-order valence-corrected chi connectivity index (χ2v) is 4.39. The second kappa shape index (κ2) is 5.08. The van der Waals surface area contributed by atoms with Gasteiger partial charge in [0.05, 0.1) is 5.56 Å². The summed E-state index contributed by atoms with van der Waals surface area (Å²) in [5.74, 6) is -0.359. The van der Waals surface area contributed by atoms with Crippen LogP contribution in [-0.2, 0) is 0 Å². The summed E-state index contributed by atoms with van der Waals surface area (Å²) < 4.78 is 0. The van der Waals surface area contributed by atoms with E-state index in [1.165, 1.54) is 19.3 Å². The molecule has 0 unspecified atom stereocenters. The van der Waals surface area contributed by atoms with E-state index < -0.39 is 0 Å². The molecule has 1 fully saturated rings. The summed E-state index contributed by atoms with van der Waals surface area (Å²) in [5, 5.41) is 3.03. The van der Waals surface area contributed by atoms with Gasteiger partial charge in [-0.25, -0.2) is 0 Å². The fourth-order valence-electron chi connectivity index (χ4n) is 2.30. The lowest BCUT2D eigenvalue weighted by Gasteiger charge is -2.30. The van der Waals surface area contributed by atoms with Gasteiger partial charge in [0.2, 0.25) is 0 Å². The third-order valence-electron chi connectivity index (χ3n) is 3.25. The minimum absolute atomic E-state index is 0.359. The molecule has 0 saturated carbocycles. The van der Waals surface area contributed by atoms with Gasteiger partial charge in [-0.15, -0.1) is 0 Å². The van der Waals surface area contributed by atoms with Crippen molar-refractivity contribution in [2.45, 2.75) is 19.3 Å². The molecule has 0 atom stereocenters. The number of hydrogen-bond acceptors (Lipinski definition) is 3. The van der Waals surface area contributed by atoms with Crippen molar-refractivity contribution in [2.24, 2.45) is 5.73 Å². The zero-order valence-electron chi connectivity index (χ0n) is 10.2. The van der Waals surface area contributed by atoms with Gasteiger partial charge in [-0.3, -0.25) is 4.79 Å². The summed E-state index contributed by atoms with van der Waals surface area (Å²) in [6.07, 6.45) is 3.65. The summed E-state index contributed by atoms with van der Waals surface area (Å²) in [7, 11) is 1.83. The fourth-order valence-corrected chi connectivity index (χ4v) is 2.30. The largest absolute Gasteiger partial charge is 0.388 e. The minimum atomic E-state index is -0.359. The third-order valence-corrected chi connectivity index (χ3v) is 3.25. The number of rotatable bonds is 3. The van der Waals surface area contributed by atoms with Crippen LogP contribution in [0, 0.1) is 0 Å². The Labute approximate surface area is 102 Å². The number of hydrogen-bond donors (Lipinski definition) is 2. The molecule has 0 aromatic heterocycles. The van der Waals surface area contributed by atoms with Crippen molar-refractivity contribution in [3.05, 3.63) is 23.8 Å². The van der Waals surface area contributed by atoms with Crippen molar-refractivity contribution in [2.75, 3.05) is 30.4 Å². The lowest BCUT2D eigenvalue weighted by Crippen LogP contribution is -2.31. The van der Waals surface area contributed by atoms with E-state index in [9.17, 15) is 4.79 Å². The van der Waals surface area contributed by atoms with Crippen LogP contribution in [0.15, 0.2) is 18.2 Å². The van der Waals surface area contributed by atoms with Gasteiger partial charge in [-0.1, -0.05) is 0 Å². The van der Waals surface area contributed by atoms with E-state index >= 15 is 0 Å². The quantitative estimate of drug-likeness (QED) is 0.837. The van der Waals surface area contributed by atoms with Crippen molar-refractivity contribution in [3.63, 3.8) is 0 Å². The van der Waals surface area contributed by atoms with Gasteiger partial charge in [0, 0.05) is 31.5 Å². The Morgan fingerprint density at radius 1 is 1.29 bits per heavy atom. The van der Waals surface area contributed by atoms with E-state index in [-0.39, 0.29) is 5.91 Å². The van der Waals surface area contributed by atoms with E-state index in [4.69, 9.17) is 5.73 Å². The molecule has 2 rings (SSSR count). The minimum Gasteiger partial charge on any atom is -0.388 e. The third kappa shape index (κ3) is 2.52. The molecule has 1 aliphatic heterocycles. The molecule has 0 aliphatic carbocycles. The fraction of sp³-hybridized carbons (Fsp3) is 0.462. The molecular weight excluding hydrogens is 214 g/mol. The van der Waals surface area contributed by atoms with E-state index in [1.807, 2.05) is 25.2 Å². The molecule has 4 nitrogen and oxygen atoms in total. The highest BCUT2D eigenvalue weighted by Crippen LogP contribution is 2.26. The van der Waals surface area contributed by atoms with Crippen LogP contribution in [0.1, 0.15) is 29.6 Å². The van der Waals surface area contributed by atoms with E-state index in [2.05, 4.69) is 10.2 Å². The standard InChI is InChI=1S/C13H19N3O/c1-15-10-5-6-12(11(9-10)13(14)17)16-7-3-2-4-8-16/h5-6,9,15H,2-4,7-8H2,1H3,(H2,14,17). The van der Waals surface area contributed by atoms with Crippen LogP contribution in [0.25, 0.3) is 0 Å². The molecule has 1 aromatic carbocycles. The number of benzene rings is 1. The number of carbonyl (C=O) groups is 1. The highest BCUT2D eigenvalue weighted by Gasteiger charge is 2.17. The summed E-state index contributed by atoms with van der Waals surface area (Å²) in [5.41, 5.74) is 7.95.